The molecule has 15 nitrogen and oxygen atoms in total. The van der Waals surface area contributed by atoms with Crippen LogP contribution in [0.15, 0.2) is 41.5 Å². The van der Waals surface area contributed by atoms with Crippen LogP contribution in [0.4, 0.5) is 0 Å². The van der Waals surface area contributed by atoms with Gasteiger partial charge in [0.15, 0.2) is 10.7 Å². The fourth-order valence-corrected chi connectivity index (χ4v) is 5.23. The van der Waals surface area contributed by atoms with Crippen molar-refractivity contribution in [2.75, 3.05) is 19.6 Å². The molecule has 260 valence electrons. The van der Waals surface area contributed by atoms with E-state index in [4.69, 9.17) is 35.2 Å². The van der Waals surface area contributed by atoms with Crippen LogP contribution in [0.3, 0.4) is 0 Å². The van der Waals surface area contributed by atoms with Crippen molar-refractivity contribution in [3.63, 3.8) is 0 Å². The average molecular weight is 674 g/mol. The normalized spacial score (nSPS) is 13.5. The Morgan fingerprint density at radius 3 is 2.00 bits per heavy atom. The largest absolute Gasteiger partial charge is 0.370 e. The molecule has 0 saturated heterocycles. The molecule has 0 aliphatic carbocycles. The van der Waals surface area contributed by atoms with Crippen LogP contribution in [-0.4, -0.2) is 82.5 Å². The van der Waals surface area contributed by atoms with E-state index in [9.17, 15) is 19.2 Å². The lowest BCUT2D eigenvalue weighted by Gasteiger charge is -2.26. The van der Waals surface area contributed by atoms with Crippen LogP contribution >= 0.6 is 12.2 Å². The molecule has 16 heteroatoms. The molecular formula is C31H51N11O4S. The standard InChI is InChI=1S/C31H51N11O4S/c1-4-36-22(14-10-16-37-30(34)35)27(44)40-25(18-21-19-41(2)31(47)42(21)3)29(46)38-23(13-8-9-15-32)28(45)39-24(26(33)43)17-20-11-6-5-7-12-20/h5-7,11-12,19,22-25,36H,4,8-10,13-18,32H2,1-3H3,(H2,33,43)(H,38,46)(H,39,45)(H,40,44)(H4,34,35,37)/t22-,23+,24+,25+/m1/s1. The van der Waals surface area contributed by atoms with Gasteiger partial charge in [-0.3, -0.25) is 24.2 Å². The first-order valence-corrected chi connectivity index (χ1v) is 16.2. The first kappa shape index (κ1) is 38.9. The second kappa shape index (κ2) is 20.1. The molecule has 2 rings (SSSR count). The maximum absolute atomic E-state index is 13.9. The second-order valence-corrected chi connectivity index (χ2v) is 11.8. The molecule has 0 spiro atoms. The van der Waals surface area contributed by atoms with Gasteiger partial charge in [0.25, 0.3) is 0 Å². The van der Waals surface area contributed by atoms with Gasteiger partial charge in [0, 0.05) is 45.4 Å². The molecule has 47 heavy (non-hydrogen) atoms. The number of benzene rings is 1. The summed E-state index contributed by atoms with van der Waals surface area (Å²) in [5, 5.41) is 11.6. The third-order valence-corrected chi connectivity index (χ3v) is 8.21. The van der Waals surface area contributed by atoms with Crippen molar-refractivity contribution in [2.45, 2.75) is 76.0 Å². The minimum Gasteiger partial charge on any atom is -0.370 e. The summed E-state index contributed by atoms with van der Waals surface area (Å²) in [6.45, 7) is 3.13. The van der Waals surface area contributed by atoms with Crippen molar-refractivity contribution in [3.8, 4) is 0 Å². The predicted molar refractivity (Wildman–Crippen MR) is 184 cm³/mol. The number of aromatic nitrogens is 2. The number of hydrogen-bond acceptors (Lipinski definition) is 8. The van der Waals surface area contributed by atoms with E-state index in [-0.39, 0.29) is 25.2 Å². The van der Waals surface area contributed by atoms with E-state index < -0.39 is 47.8 Å². The molecule has 1 aromatic carbocycles. The Labute approximate surface area is 281 Å². The molecule has 0 saturated carbocycles. The maximum atomic E-state index is 13.9. The minimum atomic E-state index is -1.06. The molecule has 1 heterocycles. The van der Waals surface area contributed by atoms with E-state index >= 15 is 0 Å². The molecule has 0 bridgehead atoms. The number of unbranched alkanes of at least 4 members (excludes halogenated alkanes) is 1. The van der Waals surface area contributed by atoms with Gasteiger partial charge in [0.1, 0.15) is 18.1 Å². The summed E-state index contributed by atoms with van der Waals surface area (Å²) in [7, 11) is 3.57. The Bertz CT molecular complexity index is 1410. The number of aryl methyl sites for hydroxylation is 1. The van der Waals surface area contributed by atoms with E-state index in [1.54, 1.807) is 29.4 Å². The summed E-state index contributed by atoms with van der Waals surface area (Å²) in [5.41, 5.74) is 23.7. The summed E-state index contributed by atoms with van der Waals surface area (Å²) >= 11 is 5.45. The van der Waals surface area contributed by atoms with Crippen molar-refractivity contribution >= 4 is 41.8 Å². The lowest BCUT2D eigenvalue weighted by Crippen LogP contribution is -2.58. The number of guanidine groups is 1. The highest BCUT2D eigenvalue weighted by Crippen LogP contribution is 2.10. The predicted octanol–water partition coefficient (Wildman–Crippen LogP) is -1.02. The van der Waals surface area contributed by atoms with Crippen LogP contribution in [-0.2, 0) is 46.1 Å². The molecule has 0 unspecified atom stereocenters. The molecule has 2 aromatic rings. The smallest absolute Gasteiger partial charge is 0.243 e. The Kier molecular flexibility index (Phi) is 16.6. The summed E-state index contributed by atoms with van der Waals surface area (Å²) in [4.78, 5) is 57.3. The zero-order chi connectivity index (χ0) is 34.9. The number of rotatable bonds is 21. The van der Waals surface area contributed by atoms with Crippen LogP contribution in [0.25, 0.3) is 0 Å². The summed E-state index contributed by atoms with van der Waals surface area (Å²) < 4.78 is 4.03. The highest BCUT2D eigenvalue weighted by Gasteiger charge is 2.31. The van der Waals surface area contributed by atoms with E-state index in [1.807, 2.05) is 37.3 Å². The van der Waals surface area contributed by atoms with Crippen LogP contribution in [0.5, 0.6) is 0 Å². The number of carbonyl (C=O) groups excluding carboxylic acids is 4. The molecule has 1 aromatic heterocycles. The van der Waals surface area contributed by atoms with Crippen LogP contribution in [0, 0.1) is 4.77 Å². The van der Waals surface area contributed by atoms with E-state index in [1.165, 1.54) is 0 Å². The highest BCUT2D eigenvalue weighted by atomic mass is 32.1. The Morgan fingerprint density at radius 1 is 0.830 bits per heavy atom. The van der Waals surface area contributed by atoms with Gasteiger partial charge in [0.2, 0.25) is 23.6 Å². The van der Waals surface area contributed by atoms with Crippen LogP contribution < -0.4 is 44.2 Å². The number of nitrogens with zero attached hydrogens (tertiary/aromatic N) is 3. The van der Waals surface area contributed by atoms with Gasteiger partial charge in [-0.15, -0.1) is 0 Å². The number of aliphatic imine (C=N–C) groups is 1. The number of nitrogens with one attached hydrogen (secondary N) is 4. The van der Waals surface area contributed by atoms with Gasteiger partial charge in [-0.2, -0.15) is 0 Å². The summed E-state index contributed by atoms with van der Waals surface area (Å²) in [6, 6.07) is 5.45. The lowest BCUT2D eigenvalue weighted by atomic mass is 10.0. The number of amides is 4. The third kappa shape index (κ3) is 13.2. The monoisotopic (exact) mass is 673 g/mol. The summed E-state index contributed by atoms with van der Waals surface area (Å²) in [5.74, 6) is -2.27. The van der Waals surface area contributed by atoms with Crippen LogP contribution in [0.2, 0.25) is 0 Å². The molecule has 0 fully saturated rings. The van der Waals surface area contributed by atoms with Crippen molar-refractivity contribution in [1.82, 2.24) is 30.4 Å². The van der Waals surface area contributed by atoms with E-state index in [0.717, 1.165) is 5.56 Å². The van der Waals surface area contributed by atoms with E-state index in [2.05, 4.69) is 26.3 Å². The first-order valence-electron chi connectivity index (χ1n) is 15.8. The zero-order valence-electron chi connectivity index (χ0n) is 27.5. The molecule has 0 aliphatic heterocycles. The number of nitrogens with two attached hydrogens (primary N) is 4. The van der Waals surface area contributed by atoms with Crippen molar-refractivity contribution in [2.24, 2.45) is 42.0 Å². The SMILES string of the molecule is CCN[C@H](CCCN=C(N)N)C(=O)N[C@@H](Cc1cn(C)c(=S)n1C)C(=O)N[C@@H](CCCCN)C(=O)N[C@@H](Cc1ccccc1)C(N)=O. The molecule has 0 aliphatic rings. The number of carbonyl (C=O) groups is 4. The minimum absolute atomic E-state index is 0.0321. The zero-order valence-corrected chi connectivity index (χ0v) is 28.4. The molecule has 0 radical (unpaired) electrons. The molecule has 4 amide bonds. The lowest BCUT2D eigenvalue weighted by molar-refractivity contribution is -0.133. The summed E-state index contributed by atoms with van der Waals surface area (Å²) in [6.07, 6.45) is 4.43. The first-order chi connectivity index (χ1) is 22.4. The molecular weight excluding hydrogens is 622 g/mol. The second-order valence-electron chi connectivity index (χ2n) is 11.4. The van der Waals surface area contributed by atoms with Gasteiger partial charge in [-0.25, -0.2) is 0 Å². The van der Waals surface area contributed by atoms with Gasteiger partial charge in [0.05, 0.1) is 6.04 Å². The van der Waals surface area contributed by atoms with Gasteiger partial charge < -0.3 is 53.3 Å². The van der Waals surface area contributed by atoms with Crippen molar-refractivity contribution in [1.29, 1.82) is 0 Å². The van der Waals surface area contributed by atoms with Crippen molar-refractivity contribution < 1.29 is 19.2 Å². The fraction of sp³-hybridized carbons (Fsp3) is 0.548. The molecule has 4 atom stereocenters. The Morgan fingerprint density at radius 2 is 1.43 bits per heavy atom. The van der Waals surface area contributed by atoms with Crippen LogP contribution in [0.1, 0.15) is 50.3 Å². The highest BCUT2D eigenvalue weighted by molar-refractivity contribution is 7.71. The average Bonchev–Trinajstić information content (AvgIpc) is 3.27. The topological polar surface area (TPSA) is 243 Å². The number of likely N-dealkylation sites (N-methyl/N-ethyl adjacent to an activating group) is 1. The number of primary amides is 1. The Hall–Kier alpha value is -4.28. The third-order valence-electron chi connectivity index (χ3n) is 7.64. The van der Waals surface area contributed by atoms with Gasteiger partial charge >= 0.3 is 0 Å². The van der Waals surface area contributed by atoms with Gasteiger partial charge in [-0.05, 0) is 63.0 Å². The number of hydrogen-bond donors (Lipinski definition) is 8. The van der Waals surface area contributed by atoms with Crippen molar-refractivity contribution in [3.05, 3.63) is 52.6 Å². The van der Waals surface area contributed by atoms with Gasteiger partial charge in [-0.1, -0.05) is 37.3 Å². The Balaban J connectivity index is 2.32. The van der Waals surface area contributed by atoms with E-state index in [0.29, 0.717) is 55.8 Å². The number of imidazole rings is 1. The fourth-order valence-electron chi connectivity index (χ4n) is 5.06. The molecule has 12 N–H and O–H groups in total. The quantitative estimate of drug-likeness (QED) is 0.0349. The maximum Gasteiger partial charge on any atom is 0.243 e.